The minimum atomic E-state index is -4.63. The SMILES string of the molecule is O=C(c1cccc(C(F)(F)F)c1)N(/N=C/c1coc2ccccc2c1=O)c1nc2ccc(Br)cc2s1. The molecule has 0 fully saturated rings. The van der Waals surface area contributed by atoms with Crippen LogP contribution in [-0.4, -0.2) is 17.1 Å². The monoisotopic (exact) mass is 571 g/mol. The molecule has 180 valence electrons. The fraction of sp³-hybridized carbons (Fsp3) is 0.0400. The van der Waals surface area contributed by atoms with Gasteiger partial charge < -0.3 is 4.42 Å². The maximum atomic E-state index is 13.4. The molecular formula is C25H13BrF3N3O3S. The number of hydrazone groups is 1. The smallest absolute Gasteiger partial charge is 0.416 e. The van der Waals surface area contributed by atoms with Crippen molar-refractivity contribution in [3.8, 4) is 0 Å². The van der Waals surface area contributed by atoms with Gasteiger partial charge in [-0.15, -0.1) is 0 Å². The second kappa shape index (κ2) is 9.32. The Bertz CT molecular complexity index is 1710. The molecule has 11 heteroatoms. The molecule has 0 aliphatic rings. The van der Waals surface area contributed by atoms with E-state index in [-0.39, 0.29) is 21.7 Å². The summed E-state index contributed by atoms with van der Waals surface area (Å²) in [5, 5.41) is 5.49. The van der Waals surface area contributed by atoms with Gasteiger partial charge in [-0.05, 0) is 48.5 Å². The number of nitrogens with zero attached hydrogens (tertiary/aromatic N) is 3. The van der Waals surface area contributed by atoms with Gasteiger partial charge in [0, 0.05) is 10.0 Å². The summed E-state index contributed by atoms with van der Waals surface area (Å²) in [6.45, 7) is 0. The summed E-state index contributed by atoms with van der Waals surface area (Å²) in [6, 6.07) is 16.0. The third-order valence-electron chi connectivity index (χ3n) is 5.17. The van der Waals surface area contributed by atoms with Gasteiger partial charge in [0.1, 0.15) is 11.8 Å². The van der Waals surface area contributed by atoms with Crippen LogP contribution in [-0.2, 0) is 6.18 Å². The lowest BCUT2D eigenvalue weighted by atomic mass is 10.1. The quantitative estimate of drug-likeness (QED) is 0.174. The first-order chi connectivity index (χ1) is 17.2. The normalized spacial score (nSPS) is 12.0. The molecule has 2 heterocycles. The van der Waals surface area contributed by atoms with Crippen LogP contribution >= 0.6 is 27.3 Å². The van der Waals surface area contributed by atoms with E-state index < -0.39 is 17.6 Å². The molecule has 0 aliphatic heterocycles. The number of anilines is 1. The van der Waals surface area contributed by atoms with Crippen molar-refractivity contribution in [1.29, 1.82) is 0 Å². The fourth-order valence-corrected chi connectivity index (χ4v) is 4.89. The molecule has 0 radical (unpaired) electrons. The van der Waals surface area contributed by atoms with Gasteiger partial charge in [0.25, 0.3) is 5.91 Å². The molecule has 0 atom stereocenters. The highest BCUT2D eigenvalue weighted by atomic mass is 79.9. The minimum absolute atomic E-state index is 0.0550. The summed E-state index contributed by atoms with van der Waals surface area (Å²) in [4.78, 5) is 30.7. The van der Waals surface area contributed by atoms with E-state index in [2.05, 4.69) is 26.0 Å². The van der Waals surface area contributed by atoms with Gasteiger partial charge in [-0.1, -0.05) is 45.5 Å². The van der Waals surface area contributed by atoms with E-state index in [0.29, 0.717) is 16.5 Å². The topological polar surface area (TPSA) is 75.8 Å². The molecular weight excluding hydrogens is 559 g/mol. The highest BCUT2D eigenvalue weighted by molar-refractivity contribution is 9.10. The number of benzene rings is 3. The van der Waals surface area contributed by atoms with Crippen LogP contribution in [0.25, 0.3) is 21.2 Å². The van der Waals surface area contributed by atoms with Gasteiger partial charge >= 0.3 is 6.18 Å². The van der Waals surface area contributed by atoms with Crippen LogP contribution in [0, 0.1) is 0 Å². The molecule has 2 aromatic heterocycles. The number of amides is 1. The Kier molecular flexibility index (Phi) is 6.19. The molecule has 1 amide bonds. The average Bonchev–Trinajstić information content (AvgIpc) is 3.28. The molecule has 5 aromatic rings. The van der Waals surface area contributed by atoms with Crippen LogP contribution in [0.2, 0.25) is 0 Å². The maximum absolute atomic E-state index is 13.4. The van der Waals surface area contributed by atoms with Gasteiger partial charge in [0.05, 0.1) is 32.9 Å². The summed E-state index contributed by atoms with van der Waals surface area (Å²) in [7, 11) is 0. The van der Waals surface area contributed by atoms with E-state index in [4.69, 9.17) is 4.42 Å². The van der Waals surface area contributed by atoms with Crippen LogP contribution in [0.1, 0.15) is 21.5 Å². The zero-order valence-electron chi connectivity index (χ0n) is 18.0. The molecule has 5 rings (SSSR count). The van der Waals surface area contributed by atoms with Crippen molar-refractivity contribution >= 4 is 65.7 Å². The average molecular weight is 572 g/mol. The third kappa shape index (κ3) is 4.67. The van der Waals surface area contributed by atoms with Crippen molar-refractivity contribution in [2.75, 3.05) is 5.01 Å². The summed E-state index contributed by atoms with van der Waals surface area (Å²) in [5.74, 6) is -0.847. The highest BCUT2D eigenvalue weighted by Crippen LogP contribution is 2.33. The molecule has 0 bridgehead atoms. The van der Waals surface area contributed by atoms with Gasteiger partial charge in [-0.3, -0.25) is 9.59 Å². The number of hydrogen-bond acceptors (Lipinski definition) is 6. The van der Waals surface area contributed by atoms with Gasteiger partial charge in [0.2, 0.25) is 10.6 Å². The van der Waals surface area contributed by atoms with E-state index in [0.717, 1.165) is 49.9 Å². The Morgan fingerprint density at radius 1 is 1.08 bits per heavy atom. The van der Waals surface area contributed by atoms with E-state index >= 15 is 0 Å². The first-order valence-corrected chi connectivity index (χ1v) is 11.9. The number of hydrogen-bond donors (Lipinski definition) is 0. The van der Waals surface area contributed by atoms with Crippen LogP contribution in [0.3, 0.4) is 0 Å². The standard InChI is InChI=1S/C25H13BrF3N3O3S/c26-17-8-9-19-21(11-17)36-24(31-19)32(23(34)14-4-3-5-16(10-14)25(27,28)29)30-12-15-13-35-20-7-2-1-6-18(20)22(15)33/h1-13H/b30-12+. The first-order valence-electron chi connectivity index (χ1n) is 10.3. The van der Waals surface area contributed by atoms with Crippen molar-refractivity contribution in [2.24, 2.45) is 5.10 Å². The molecule has 6 nitrogen and oxygen atoms in total. The zero-order valence-corrected chi connectivity index (χ0v) is 20.4. The van der Waals surface area contributed by atoms with Gasteiger partial charge in [-0.2, -0.15) is 23.3 Å². The fourth-order valence-electron chi connectivity index (χ4n) is 3.42. The van der Waals surface area contributed by atoms with E-state index in [1.807, 2.05) is 0 Å². The lowest BCUT2D eigenvalue weighted by Crippen LogP contribution is -2.26. The van der Waals surface area contributed by atoms with Crippen LogP contribution < -0.4 is 10.4 Å². The number of para-hydroxylation sites is 1. The minimum Gasteiger partial charge on any atom is -0.463 e. The van der Waals surface area contributed by atoms with Crippen LogP contribution in [0.15, 0.2) is 91.8 Å². The van der Waals surface area contributed by atoms with Crippen molar-refractivity contribution < 1.29 is 22.4 Å². The third-order valence-corrected chi connectivity index (χ3v) is 6.66. The van der Waals surface area contributed by atoms with E-state index in [9.17, 15) is 22.8 Å². The number of halogens is 4. The molecule has 36 heavy (non-hydrogen) atoms. The Hall–Kier alpha value is -3.83. The Balaban J connectivity index is 1.61. The van der Waals surface area contributed by atoms with E-state index in [1.54, 1.807) is 42.5 Å². The largest absolute Gasteiger partial charge is 0.463 e. The predicted molar refractivity (Wildman–Crippen MR) is 136 cm³/mol. The predicted octanol–water partition coefficient (Wildman–Crippen LogP) is 6.86. The second-order valence-electron chi connectivity index (χ2n) is 7.56. The van der Waals surface area contributed by atoms with E-state index in [1.165, 1.54) is 12.3 Å². The Morgan fingerprint density at radius 2 is 1.89 bits per heavy atom. The summed E-state index contributed by atoms with van der Waals surface area (Å²) in [5.41, 5.74) is -0.581. The molecule has 0 unspecified atom stereocenters. The molecule has 0 aliphatic carbocycles. The molecule has 0 saturated heterocycles. The number of aromatic nitrogens is 1. The first kappa shape index (κ1) is 23.9. The number of carbonyl (C=O) groups excluding carboxylic acids is 1. The number of thiazole rings is 1. The Morgan fingerprint density at radius 3 is 2.69 bits per heavy atom. The van der Waals surface area contributed by atoms with Gasteiger partial charge in [-0.25, -0.2) is 4.98 Å². The van der Waals surface area contributed by atoms with Crippen molar-refractivity contribution in [2.45, 2.75) is 6.18 Å². The summed E-state index contributed by atoms with van der Waals surface area (Å²) >= 11 is 4.50. The molecule has 0 saturated carbocycles. The summed E-state index contributed by atoms with van der Waals surface area (Å²) < 4.78 is 46.8. The molecule has 0 spiro atoms. The zero-order chi connectivity index (χ0) is 25.4. The number of rotatable bonds is 4. The van der Waals surface area contributed by atoms with Crippen LogP contribution in [0.5, 0.6) is 0 Å². The van der Waals surface area contributed by atoms with Crippen molar-refractivity contribution in [3.63, 3.8) is 0 Å². The Labute approximate surface area is 213 Å². The number of fused-ring (bicyclic) bond motifs is 2. The van der Waals surface area contributed by atoms with Crippen molar-refractivity contribution in [3.05, 3.63) is 104 Å². The lowest BCUT2D eigenvalue weighted by molar-refractivity contribution is -0.137. The molecule has 0 N–H and O–H groups in total. The number of carbonyl (C=O) groups is 1. The lowest BCUT2D eigenvalue weighted by Gasteiger charge is -2.15. The maximum Gasteiger partial charge on any atom is 0.416 e. The number of alkyl halides is 3. The van der Waals surface area contributed by atoms with Crippen molar-refractivity contribution in [1.82, 2.24) is 4.98 Å². The summed E-state index contributed by atoms with van der Waals surface area (Å²) in [6.07, 6.45) is -2.29. The second-order valence-corrected chi connectivity index (χ2v) is 9.49. The van der Waals surface area contributed by atoms with Crippen LogP contribution in [0.4, 0.5) is 18.3 Å². The molecule has 3 aromatic carbocycles. The highest BCUT2D eigenvalue weighted by Gasteiger charge is 2.32. The van der Waals surface area contributed by atoms with Gasteiger partial charge in [0.15, 0.2) is 0 Å².